The van der Waals surface area contributed by atoms with Gasteiger partial charge in [-0.15, -0.1) is 0 Å². The van der Waals surface area contributed by atoms with Crippen molar-refractivity contribution in [1.29, 1.82) is 0 Å². The minimum atomic E-state index is -0.507. The Bertz CT molecular complexity index is 1320. The van der Waals surface area contributed by atoms with E-state index in [9.17, 15) is 14.4 Å². The van der Waals surface area contributed by atoms with Gasteiger partial charge in [-0.3, -0.25) is 14.4 Å². The maximum absolute atomic E-state index is 13.7. The Kier molecular flexibility index (Phi) is 7.16. The predicted octanol–water partition coefficient (Wildman–Crippen LogP) is 2.26. The number of piperidine rings is 1. The van der Waals surface area contributed by atoms with Crippen LogP contribution in [0.4, 0.5) is 0 Å². The van der Waals surface area contributed by atoms with E-state index in [0.717, 1.165) is 17.3 Å². The van der Waals surface area contributed by atoms with Gasteiger partial charge < -0.3 is 29.2 Å². The predicted molar refractivity (Wildman–Crippen MR) is 135 cm³/mol. The number of nitrogens with zero attached hydrogens (tertiary/aromatic N) is 3. The average Bonchev–Trinajstić information content (AvgIpc) is 3.16. The molecule has 2 N–H and O–H groups in total. The third kappa shape index (κ3) is 4.52. The van der Waals surface area contributed by atoms with E-state index in [1.807, 2.05) is 24.3 Å². The van der Waals surface area contributed by atoms with Crippen LogP contribution in [-0.2, 0) is 18.4 Å². The molecular weight excluding hydrogens is 448 g/mol. The Morgan fingerprint density at radius 3 is 2.51 bits per heavy atom. The van der Waals surface area contributed by atoms with E-state index in [4.69, 9.17) is 9.84 Å². The van der Waals surface area contributed by atoms with Gasteiger partial charge in [0.25, 0.3) is 11.5 Å². The summed E-state index contributed by atoms with van der Waals surface area (Å²) < 4.78 is 9.23. The molecule has 0 unspecified atom stereocenters. The molecule has 35 heavy (non-hydrogen) atoms. The van der Waals surface area contributed by atoms with E-state index >= 15 is 0 Å². The second kappa shape index (κ2) is 10.1. The molecule has 2 amide bonds. The fourth-order valence-corrected chi connectivity index (χ4v) is 5.02. The summed E-state index contributed by atoms with van der Waals surface area (Å²) in [5, 5.41) is 13.4. The highest BCUT2D eigenvalue weighted by molar-refractivity contribution is 6.12. The minimum absolute atomic E-state index is 0.118. The van der Waals surface area contributed by atoms with Crippen molar-refractivity contribution in [2.24, 2.45) is 13.0 Å². The number of benzene rings is 1. The molecule has 0 aliphatic carbocycles. The molecule has 9 heteroatoms. The van der Waals surface area contributed by atoms with Crippen molar-refractivity contribution in [3.05, 3.63) is 40.3 Å². The number of aliphatic hydroxyl groups excluding tert-OH is 1. The van der Waals surface area contributed by atoms with Crippen LogP contribution in [-0.4, -0.2) is 63.8 Å². The number of methoxy groups -OCH3 is 1. The highest BCUT2D eigenvalue weighted by Gasteiger charge is 2.30. The van der Waals surface area contributed by atoms with E-state index in [0.29, 0.717) is 55.0 Å². The number of carbonyl (C=O) groups excluding carboxylic acids is 2. The molecule has 0 atom stereocenters. The Labute approximate surface area is 204 Å². The average molecular weight is 483 g/mol. The first-order chi connectivity index (χ1) is 16.8. The lowest BCUT2D eigenvalue weighted by atomic mass is 10.0. The van der Waals surface area contributed by atoms with Crippen molar-refractivity contribution in [3.63, 3.8) is 0 Å². The van der Waals surface area contributed by atoms with Crippen molar-refractivity contribution in [1.82, 2.24) is 19.4 Å². The van der Waals surface area contributed by atoms with Crippen molar-refractivity contribution in [2.45, 2.75) is 45.7 Å². The Balaban J connectivity index is 1.76. The second-order valence-corrected chi connectivity index (χ2v) is 9.61. The van der Waals surface area contributed by atoms with Crippen LogP contribution in [0.15, 0.2) is 29.1 Å². The number of para-hydroxylation sites is 1. The number of aryl methyl sites for hydroxylation is 2. The van der Waals surface area contributed by atoms with Gasteiger partial charge in [0, 0.05) is 38.1 Å². The molecule has 0 bridgehead atoms. The summed E-state index contributed by atoms with van der Waals surface area (Å²) in [7, 11) is 3.27. The van der Waals surface area contributed by atoms with Gasteiger partial charge in [0.2, 0.25) is 5.91 Å². The van der Waals surface area contributed by atoms with Gasteiger partial charge in [-0.25, -0.2) is 0 Å². The van der Waals surface area contributed by atoms with Gasteiger partial charge in [-0.05, 0) is 31.2 Å². The summed E-state index contributed by atoms with van der Waals surface area (Å²) in [6, 6.07) is 7.64. The lowest BCUT2D eigenvalue weighted by Gasteiger charge is -2.32. The van der Waals surface area contributed by atoms with Crippen molar-refractivity contribution in [2.75, 3.05) is 26.8 Å². The lowest BCUT2D eigenvalue weighted by molar-refractivity contribution is -0.135. The van der Waals surface area contributed by atoms with Crippen LogP contribution in [0.5, 0.6) is 5.75 Å². The third-order valence-corrected chi connectivity index (χ3v) is 6.93. The summed E-state index contributed by atoms with van der Waals surface area (Å²) in [6.45, 7) is 5.27. The first-order valence-electron chi connectivity index (χ1n) is 12.2. The number of pyridine rings is 1. The number of carbonyl (C=O) groups is 2. The van der Waals surface area contributed by atoms with Gasteiger partial charge in [-0.1, -0.05) is 32.0 Å². The van der Waals surface area contributed by atoms with Crippen LogP contribution in [0.2, 0.25) is 0 Å². The SMILES string of the molecule is COc1c(C(=O)NC2CCN(C(=O)CO)CC2)n(C)c2c1c(=O)n(CCC(C)C)c1ccccc21. The smallest absolute Gasteiger partial charge is 0.272 e. The van der Waals surface area contributed by atoms with E-state index in [1.165, 1.54) is 7.11 Å². The van der Waals surface area contributed by atoms with Gasteiger partial charge >= 0.3 is 0 Å². The molecule has 0 spiro atoms. The topological polar surface area (TPSA) is 106 Å². The van der Waals surface area contributed by atoms with E-state index in [1.54, 1.807) is 21.1 Å². The fraction of sp³-hybridized carbons (Fsp3) is 0.500. The van der Waals surface area contributed by atoms with Crippen molar-refractivity contribution >= 4 is 33.6 Å². The second-order valence-electron chi connectivity index (χ2n) is 9.61. The van der Waals surface area contributed by atoms with E-state index < -0.39 is 6.61 Å². The molecule has 1 fully saturated rings. The zero-order chi connectivity index (χ0) is 25.3. The van der Waals surface area contributed by atoms with Crippen LogP contribution in [0.3, 0.4) is 0 Å². The molecule has 0 saturated carbocycles. The summed E-state index contributed by atoms with van der Waals surface area (Å²) >= 11 is 0. The highest BCUT2D eigenvalue weighted by Crippen LogP contribution is 2.35. The monoisotopic (exact) mass is 482 g/mol. The Morgan fingerprint density at radius 2 is 1.89 bits per heavy atom. The summed E-state index contributed by atoms with van der Waals surface area (Å²) in [5.41, 5.74) is 1.65. The molecule has 1 aliphatic rings. The van der Waals surface area contributed by atoms with Crippen molar-refractivity contribution in [3.8, 4) is 5.75 Å². The molecule has 0 radical (unpaired) electrons. The zero-order valence-corrected chi connectivity index (χ0v) is 20.8. The molecule has 2 aromatic heterocycles. The summed E-state index contributed by atoms with van der Waals surface area (Å²) in [4.78, 5) is 40.5. The van der Waals surface area contributed by atoms with Crippen LogP contribution in [0, 0.1) is 5.92 Å². The van der Waals surface area contributed by atoms with Crippen LogP contribution < -0.4 is 15.6 Å². The van der Waals surface area contributed by atoms with Crippen LogP contribution in [0.1, 0.15) is 43.6 Å². The number of aromatic nitrogens is 2. The minimum Gasteiger partial charge on any atom is -0.493 e. The number of amides is 2. The first-order valence-corrected chi connectivity index (χ1v) is 12.2. The molecule has 1 aliphatic heterocycles. The number of likely N-dealkylation sites (tertiary alicyclic amines) is 1. The van der Waals surface area contributed by atoms with Crippen molar-refractivity contribution < 1.29 is 19.4 Å². The summed E-state index contributed by atoms with van der Waals surface area (Å²) in [6.07, 6.45) is 2.04. The van der Waals surface area contributed by atoms with Gasteiger partial charge in [-0.2, -0.15) is 0 Å². The third-order valence-electron chi connectivity index (χ3n) is 6.93. The number of aliphatic hydroxyl groups is 1. The van der Waals surface area contributed by atoms with Gasteiger partial charge in [0.1, 0.15) is 12.0 Å². The van der Waals surface area contributed by atoms with E-state index in [2.05, 4.69) is 19.2 Å². The maximum Gasteiger partial charge on any atom is 0.272 e. The quantitative estimate of drug-likeness (QED) is 0.537. The highest BCUT2D eigenvalue weighted by atomic mass is 16.5. The van der Waals surface area contributed by atoms with Crippen LogP contribution in [0.25, 0.3) is 21.8 Å². The molecule has 188 valence electrons. The Morgan fingerprint density at radius 1 is 1.20 bits per heavy atom. The molecular formula is C26H34N4O5. The number of fused-ring (bicyclic) bond motifs is 3. The molecule has 1 aromatic carbocycles. The number of hydrogen-bond acceptors (Lipinski definition) is 5. The normalized spacial score (nSPS) is 14.7. The number of hydrogen-bond donors (Lipinski definition) is 2. The molecule has 3 heterocycles. The maximum atomic E-state index is 13.7. The largest absolute Gasteiger partial charge is 0.493 e. The molecule has 9 nitrogen and oxygen atoms in total. The summed E-state index contributed by atoms with van der Waals surface area (Å²) in [5.74, 6) is 0.104. The van der Waals surface area contributed by atoms with Gasteiger partial charge in [0.05, 0.1) is 18.1 Å². The lowest BCUT2D eigenvalue weighted by Crippen LogP contribution is -2.47. The van der Waals surface area contributed by atoms with Gasteiger partial charge in [0.15, 0.2) is 11.4 Å². The number of nitrogens with one attached hydrogen (secondary N) is 1. The molecule has 1 saturated heterocycles. The van der Waals surface area contributed by atoms with Crippen LogP contribution >= 0.6 is 0 Å². The first kappa shape index (κ1) is 24.8. The van der Waals surface area contributed by atoms with E-state index in [-0.39, 0.29) is 29.2 Å². The molecule has 3 aromatic rings. The number of ether oxygens (including phenoxy) is 1. The zero-order valence-electron chi connectivity index (χ0n) is 20.8. The standard InChI is InChI=1S/C26H34N4O5/c1-16(2)9-14-30-19-8-6-5-7-18(19)22-21(26(30)34)24(35-4)23(28(22)3)25(33)27-17-10-12-29(13-11-17)20(32)15-31/h5-8,16-17,31H,9-15H2,1-4H3,(H,27,33). The Hall–Kier alpha value is -3.33. The number of rotatable bonds is 7. The molecule has 4 rings (SSSR count). The fourth-order valence-electron chi connectivity index (χ4n) is 5.02.